The van der Waals surface area contributed by atoms with Crippen LogP contribution in [0.1, 0.15) is 132 Å². The van der Waals surface area contributed by atoms with Gasteiger partial charge in [0.2, 0.25) is 0 Å². The van der Waals surface area contributed by atoms with E-state index in [2.05, 4.69) is 95.0 Å². The van der Waals surface area contributed by atoms with Crippen molar-refractivity contribution in [1.29, 1.82) is 0 Å². The maximum absolute atomic E-state index is 4.96. The molecule has 0 unspecified atom stereocenters. The molecule has 0 amide bonds. The van der Waals surface area contributed by atoms with Crippen molar-refractivity contribution in [2.45, 2.75) is 105 Å². The highest BCUT2D eigenvalue weighted by Crippen LogP contribution is 2.33. The van der Waals surface area contributed by atoms with Gasteiger partial charge in [-0.25, -0.2) is 9.97 Å². The van der Waals surface area contributed by atoms with Gasteiger partial charge in [0.1, 0.15) is 0 Å². The molecule has 0 atom stereocenters. The summed E-state index contributed by atoms with van der Waals surface area (Å²) < 4.78 is 0. The van der Waals surface area contributed by atoms with Crippen LogP contribution >= 0.6 is 22.7 Å². The molecule has 0 aliphatic carbocycles. The predicted octanol–water partition coefficient (Wildman–Crippen LogP) is 14.4. The third-order valence-electron chi connectivity index (χ3n) is 11.8. The van der Waals surface area contributed by atoms with Gasteiger partial charge >= 0.3 is 0 Å². The minimum absolute atomic E-state index is 0.763. The summed E-state index contributed by atoms with van der Waals surface area (Å²) in [6, 6.07) is 31.6. The molecule has 8 heteroatoms. The Balaban J connectivity index is 1.17. The lowest BCUT2D eigenvalue weighted by atomic mass is 9.98. The van der Waals surface area contributed by atoms with Crippen LogP contribution in [0.5, 0.6) is 0 Å². The van der Waals surface area contributed by atoms with E-state index in [0.29, 0.717) is 0 Å². The molecule has 8 aromatic heterocycles. The first kappa shape index (κ1) is 49.0. The lowest BCUT2D eigenvalue weighted by Gasteiger charge is -2.06. The van der Waals surface area contributed by atoms with Crippen molar-refractivity contribution in [1.82, 2.24) is 29.9 Å². The van der Waals surface area contributed by atoms with Gasteiger partial charge in [-0.05, 0) is 170 Å². The third kappa shape index (κ3) is 12.8. The number of hydrogen-bond acceptors (Lipinski definition) is 8. The van der Waals surface area contributed by atoms with Crippen molar-refractivity contribution in [2.24, 2.45) is 0 Å². The Hall–Kier alpha value is -7.46. The van der Waals surface area contributed by atoms with Crippen molar-refractivity contribution in [2.75, 3.05) is 0 Å². The van der Waals surface area contributed by atoms with Crippen LogP contribution in [-0.4, -0.2) is 29.9 Å². The molecule has 0 aromatic carbocycles. The molecular weight excluding hydrogens is 893 g/mol. The van der Waals surface area contributed by atoms with Crippen molar-refractivity contribution in [3.8, 4) is 92.9 Å². The van der Waals surface area contributed by atoms with E-state index in [9.17, 15) is 0 Å². The van der Waals surface area contributed by atoms with Crippen LogP contribution in [0.2, 0.25) is 0 Å². The van der Waals surface area contributed by atoms with E-state index >= 15 is 0 Å². The molecule has 0 aliphatic heterocycles. The van der Waals surface area contributed by atoms with E-state index in [1.165, 1.54) is 22.3 Å². The van der Waals surface area contributed by atoms with Crippen molar-refractivity contribution in [3.05, 3.63) is 175 Å². The number of thiophene rings is 2. The first-order chi connectivity index (χ1) is 34.5. The van der Waals surface area contributed by atoms with Gasteiger partial charge in [-0.3, -0.25) is 19.9 Å². The minimum Gasteiger partial charge on any atom is -0.255 e. The Labute approximate surface area is 422 Å². The molecule has 0 bridgehead atoms. The predicted molar refractivity (Wildman–Crippen MR) is 290 cm³/mol. The van der Waals surface area contributed by atoms with Gasteiger partial charge in [0.15, 0.2) is 0 Å². The molecule has 0 saturated heterocycles. The molecule has 8 aromatic rings. The molecule has 0 spiro atoms. The zero-order valence-corrected chi connectivity index (χ0v) is 42.2. The molecule has 0 radical (unpaired) electrons. The molecule has 0 aliphatic rings. The van der Waals surface area contributed by atoms with E-state index in [1.807, 2.05) is 97.1 Å². The van der Waals surface area contributed by atoms with Crippen molar-refractivity contribution in [3.63, 3.8) is 0 Å². The SMILES string of the molecule is CCCCc1c(C#CC#Cc2sc(C#Cc3cc(-c4ccccn4)nc(-c4ccccn4)c3)c(CCCC)c2CCCC)sc(C#Cc2cc(-c3ccccn3)nc(-c3ccccn3)c2)c1CCCC. The molecule has 70 heavy (non-hydrogen) atoms. The summed E-state index contributed by atoms with van der Waals surface area (Å²) in [5.41, 5.74) is 13.2. The molecule has 0 fully saturated rings. The summed E-state index contributed by atoms with van der Waals surface area (Å²) in [5, 5.41) is 0. The summed E-state index contributed by atoms with van der Waals surface area (Å²) in [7, 11) is 0. The standard InChI is InChI=1S/C62H56N6S2/c1-5-9-23-47-49(25-11-7-3)61(35-33-45-41-55(51-27-15-19-37-63-51)67-56(42-45)52-28-16-20-38-64-52)69-59(47)31-13-14-32-60-48(24-10-6-2)50(26-12-8-4)62(70-60)36-34-46-43-57(53-29-17-21-39-65-53)68-58(44-46)54-30-18-22-40-66-54/h15-22,27-30,37-44H,5-12,23-26H2,1-4H3. The number of unbranched alkanes of at least 4 members (excludes halogenated alkanes) is 4. The summed E-state index contributed by atoms with van der Waals surface area (Å²) >= 11 is 3.41. The molecular formula is C62H56N6S2. The number of rotatable bonds is 16. The highest BCUT2D eigenvalue weighted by Gasteiger charge is 2.18. The van der Waals surface area contributed by atoms with E-state index in [4.69, 9.17) is 9.97 Å². The Kier molecular flexibility index (Phi) is 17.7. The fraction of sp³-hybridized carbons (Fsp3) is 0.258. The maximum Gasteiger partial charge on any atom is 0.0906 e. The van der Waals surface area contributed by atoms with Crippen molar-refractivity contribution < 1.29 is 0 Å². The van der Waals surface area contributed by atoms with Gasteiger partial charge in [-0.15, -0.1) is 22.7 Å². The molecule has 0 N–H and O–H groups in total. The first-order valence-corrected chi connectivity index (χ1v) is 26.2. The van der Waals surface area contributed by atoms with E-state index in [0.717, 1.165) is 153 Å². The fourth-order valence-corrected chi connectivity index (χ4v) is 10.3. The van der Waals surface area contributed by atoms with Crippen LogP contribution in [-0.2, 0) is 25.7 Å². The number of nitrogens with zero attached hydrogens (tertiary/aromatic N) is 6. The average Bonchev–Trinajstić information content (AvgIpc) is 3.93. The summed E-state index contributed by atoms with van der Waals surface area (Å²) in [6.07, 6.45) is 19.8. The normalized spacial score (nSPS) is 10.5. The quantitative estimate of drug-likeness (QED) is 0.0898. The second kappa shape index (κ2) is 25.2. The average molecular weight is 949 g/mol. The van der Waals surface area contributed by atoms with E-state index < -0.39 is 0 Å². The summed E-state index contributed by atoms with van der Waals surface area (Å²) in [6.45, 7) is 8.99. The van der Waals surface area contributed by atoms with E-state index in [1.54, 1.807) is 47.5 Å². The lowest BCUT2D eigenvalue weighted by Crippen LogP contribution is -1.95. The molecule has 0 saturated carbocycles. The largest absolute Gasteiger partial charge is 0.255 e. The highest BCUT2D eigenvalue weighted by atomic mass is 32.1. The Morgan fingerprint density at radius 2 is 0.629 bits per heavy atom. The molecule has 346 valence electrons. The summed E-state index contributed by atoms with van der Waals surface area (Å²) in [4.78, 5) is 32.6. The smallest absolute Gasteiger partial charge is 0.0906 e. The van der Waals surface area contributed by atoms with Gasteiger partial charge in [-0.2, -0.15) is 0 Å². The van der Waals surface area contributed by atoms with Crippen LogP contribution in [0.15, 0.2) is 122 Å². The van der Waals surface area contributed by atoms with Crippen LogP contribution in [0.25, 0.3) is 45.6 Å². The number of hydrogen-bond donors (Lipinski definition) is 0. The van der Waals surface area contributed by atoms with Gasteiger partial charge in [0.05, 0.1) is 65.1 Å². The Morgan fingerprint density at radius 1 is 0.343 bits per heavy atom. The van der Waals surface area contributed by atoms with E-state index in [-0.39, 0.29) is 0 Å². The van der Waals surface area contributed by atoms with Crippen LogP contribution in [0.3, 0.4) is 0 Å². The zero-order valence-electron chi connectivity index (χ0n) is 40.5. The minimum atomic E-state index is 0.763. The second-order valence-corrected chi connectivity index (χ2v) is 19.0. The van der Waals surface area contributed by atoms with Crippen LogP contribution < -0.4 is 0 Å². The lowest BCUT2D eigenvalue weighted by molar-refractivity contribution is 0.760. The first-order valence-electron chi connectivity index (χ1n) is 24.6. The van der Waals surface area contributed by atoms with Gasteiger partial charge < -0.3 is 0 Å². The Bertz CT molecular complexity index is 2940. The summed E-state index contributed by atoms with van der Waals surface area (Å²) in [5.74, 6) is 28.1. The molecule has 8 rings (SSSR count). The number of aromatic nitrogens is 6. The highest BCUT2D eigenvalue weighted by molar-refractivity contribution is 7.13. The van der Waals surface area contributed by atoms with Crippen LogP contribution in [0, 0.1) is 47.4 Å². The third-order valence-corrected chi connectivity index (χ3v) is 14.0. The molecule has 6 nitrogen and oxygen atoms in total. The van der Waals surface area contributed by atoms with Crippen molar-refractivity contribution >= 4 is 22.7 Å². The second-order valence-electron chi connectivity index (χ2n) is 17.0. The maximum atomic E-state index is 4.96. The van der Waals surface area contributed by atoms with Gasteiger partial charge in [0.25, 0.3) is 0 Å². The van der Waals surface area contributed by atoms with Gasteiger partial charge in [0, 0.05) is 35.9 Å². The monoisotopic (exact) mass is 948 g/mol. The molecule has 8 heterocycles. The Morgan fingerprint density at radius 3 is 0.886 bits per heavy atom. The van der Waals surface area contributed by atoms with Crippen LogP contribution in [0.4, 0.5) is 0 Å². The zero-order chi connectivity index (χ0) is 48.3. The number of pyridine rings is 6. The topological polar surface area (TPSA) is 77.3 Å². The fourth-order valence-electron chi connectivity index (χ4n) is 8.10. The van der Waals surface area contributed by atoms with Gasteiger partial charge in [-0.1, -0.05) is 101 Å².